The van der Waals surface area contributed by atoms with E-state index in [4.69, 9.17) is 4.74 Å². The van der Waals surface area contributed by atoms with Gasteiger partial charge in [0.2, 0.25) is 0 Å². The lowest BCUT2D eigenvalue weighted by atomic mass is 10.1. The predicted octanol–water partition coefficient (Wildman–Crippen LogP) is 3.92. The molecule has 1 aromatic carbocycles. The maximum Gasteiger partial charge on any atom is 0.141 e. The summed E-state index contributed by atoms with van der Waals surface area (Å²) in [7, 11) is 1.58. The van der Waals surface area contributed by atoms with E-state index in [9.17, 15) is 4.39 Å². The van der Waals surface area contributed by atoms with Crippen LogP contribution in [0.2, 0.25) is 0 Å². The van der Waals surface area contributed by atoms with Crippen LogP contribution in [0.4, 0.5) is 4.39 Å². The number of benzene rings is 1. The van der Waals surface area contributed by atoms with Crippen molar-refractivity contribution in [2.24, 2.45) is 0 Å². The summed E-state index contributed by atoms with van der Waals surface area (Å²) in [5.74, 6) is 0.351. The van der Waals surface area contributed by atoms with Crippen molar-refractivity contribution in [1.29, 1.82) is 0 Å². The molecular weight excluding hydrogens is 297 g/mol. The first-order valence-corrected chi connectivity index (χ1v) is 7.09. The first-order valence-electron chi connectivity index (χ1n) is 6.30. The Morgan fingerprint density at radius 2 is 2.06 bits per heavy atom. The molecule has 0 unspecified atom stereocenters. The molecule has 0 aliphatic carbocycles. The van der Waals surface area contributed by atoms with E-state index in [0.717, 1.165) is 31.4 Å². The summed E-state index contributed by atoms with van der Waals surface area (Å²) in [5.41, 5.74) is 1.05. The van der Waals surface area contributed by atoms with E-state index >= 15 is 0 Å². The molecule has 0 aliphatic rings. The minimum atomic E-state index is -0.280. The van der Waals surface area contributed by atoms with Gasteiger partial charge in [-0.15, -0.1) is 0 Å². The SMILES string of the molecule is COc1cc(F)c(Br)cc1CCCCNC(C)C. The van der Waals surface area contributed by atoms with Crippen molar-refractivity contribution >= 4 is 15.9 Å². The number of hydrogen-bond acceptors (Lipinski definition) is 2. The molecular formula is C14H21BrFNO. The van der Waals surface area contributed by atoms with E-state index < -0.39 is 0 Å². The Kier molecular flexibility index (Phi) is 6.65. The Morgan fingerprint density at radius 1 is 1.33 bits per heavy atom. The normalized spacial score (nSPS) is 11.0. The molecule has 0 aromatic heterocycles. The Hall–Kier alpha value is -0.610. The zero-order chi connectivity index (χ0) is 13.5. The summed E-state index contributed by atoms with van der Waals surface area (Å²) in [4.78, 5) is 0. The Balaban J connectivity index is 2.48. The monoisotopic (exact) mass is 317 g/mol. The minimum Gasteiger partial charge on any atom is -0.496 e. The van der Waals surface area contributed by atoms with Gasteiger partial charge in [-0.25, -0.2) is 4.39 Å². The van der Waals surface area contributed by atoms with Crippen LogP contribution in [0, 0.1) is 5.82 Å². The third-order valence-corrected chi connectivity index (χ3v) is 3.36. The molecule has 102 valence electrons. The molecule has 0 saturated carbocycles. The lowest BCUT2D eigenvalue weighted by Crippen LogP contribution is -2.23. The van der Waals surface area contributed by atoms with Crippen LogP contribution in [0.25, 0.3) is 0 Å². The maximum atomic E-state index is 13.3. The molecule has 2 nitrogen and oxygen atoms in total. The van der Waals surface area contributed by atoms with Gasteiger partial charge >= 0.3 is 0 Å². The fourth-order valence-corrected chi connectivity index (χ4v) is 2.18. The van der Waals surface area contributed by atoms with Gasteiger partial charge in [0.15, 0.2) is 0 Å². The fraction of sp³-hybridized carbons (Fsp3) is 0.571. The zero-order valence-corrected chi connectivity index (χ0v) is 12.8. The number of rotatable bonds is 7. The molecule has 0 atom stereocenters. The smallest absolute Gasteiger partial charge is 0.141 e. The summed E-state index contributed by atoms with van der Waals surface area (Å²) >= 11 is 3.21. The van der Waals surface area contributed by atoms with E-state index in [1.807, 2.05) is 6.07 Å². The van der Waals surface area contributed by atoms with Crippen LogP contribution in [0.3, 0.4) is 0 Å². The Bertz CT molecular complexity index is 382. The third kappa shape index (κ3) is 4.94. The third-order valence-electron chi connectivity index (χ3n) is 2.75. The van der Waals surface area contributed by atoms with Crippen molar-refractivity contribution in [3.63, 3.8) is 0 Å². The molecule has 0 fully saturated rings. The molecule has 1 N–H and O–H groups in total. The van der Waals surface area contributed by atoms with Crippen molar-refractivity contribution in [2.45, 2.75) is 39.2 Å². The standard InChI is InChI=1S/C14H21BrFNO/c1-10(2)17-7-5-4-6-11-8-12(15)13(16)9-14(11)18-3/h8-10,17H,4-7H2,1-3H3. The molecule has 0 bridgehead atoms. The number of aryl methyl sites for hydroxylation is 1. The van der Waals surface area contributed by atoms with Crippen molar-refractivity contribution in [3.05, 3.63) is 28.0 Å². The maximum absolute atomic E-state index is 13.3. The van der Waals surface area contributed by atoms with Gasteiger partial charge in [-0.1, -0.05) is 13.8 Å². The summed E-state index contributed by atoms with van der Waals surface area (Å²) in [6.45, 7) is 5.29. The lowest BCUT2D eigenvalue weighted by Gasteiger charge is -2.11. The van der Waals surface area contributed by atoms with Crippen molar-refractivity contribution in [2.75, 3.05) is 13.7 Å². The molecule has 0 spiro atoms. The van der Waals surface area contributed by atoms with E-state index in [1.54, 1.807) is 7.11 Å². The van der Waals surface area contributed by atoms with Crippen LogP contribution in [-0.2, 0) is 6.42 Å². The number of ether oxygens (including phenoxy) is 1. The molecule has 1 aromatic rings. The van der Waals surface area contributed by atoms with Crippen LogP contribution in [-0.4, -0.2) is 19.7 Å². The summed E-state index contributed by atoms with van der Waals surface area (Å²) < 4.78 is 19.0. The summed E-state index contributed by atoms with van der Waals surface area (Å²) in [6, 6.07) is 3.77. The first-order chi connectivity index (χ1) is 8.54. The average molecular weight is 318 g/mol. The van der Waals surface area contributed by atoms with E-state index in [2.05, 4.69) is 35.1 Å². The minimum absolute atomic E-state index is 0.280. The van der Waals surface area contributed by atoms with Gasteiger partial charge in [0, 0.05) is 12.1 Å². The largest absolute Gasteiger partial charge is 0.496 e. The van der Waals surface area contributed by atoms with E-state index in [0.29, 0.717) is 16.3 Å². The zero-order valence-electron chi connectivity index (χ0n) is 11.2. The second-order valence-corrected chi connectivity index (χ2v) is 5.50. The molecule has 0 radical (unpaired) electrons. The topological polar surface area (TPSA) is 21.3 Å². The van der Waals surface area contributed by atoms with Gasteiger partial charge in [0.25, 0.3) is 0 Å². The summed E-state index contributed by atoms with van der Waals surface area (Å²) in [5, 5.41) is 3.38. The van der Waals surface area contributed by atoms with Gasteiger partial charge in [-0.05, 0) is 53.4 Å². The van der Waals surface area contributed by atoms with Crippen molar-refractivity contribution < 1.29 is 9.13 Å². The van der Waals surface area contributed by atoms with E-state index in [1.165, 1.54) is 6.07 Å². The average Bonchev–Trinajstić information content (AvgIpc) is 2.32. The van der Waals surface area contributed by atoms with Crippen molar-refractivity contribution in [1.82, 2.24) is 5.32 Å². The molecule has 4 heteroatoms. The van der Waals surface area contributed by atoms with Gasteiger partial charge in [0.1, 0.15) is 11.6 Å². The number of hydrogen-bond donors (Lipinski definition) is 1. The van der Waals surface area contributed by atoms with Gasteiger partial charge in [-0.2, -0.15) is 0 Å². The number of nitrogens with one attached hydrogen (secondary N) is 1. The number of unbranched alkanes of at least 4 members (excludes halogenated alkanes) is 1. The van der Waals surface area contributed by atoms with Crippen LogP contribution in [0.5, 0.6) is 5.75 Å². The van der Waals surface area contributed by atoms with Gasteiger partial charge in [-0.3, -0.25) is 0 Å². The van der Waals surface area contributed by atoms with Crippen LogP contribution in [0.15, 0.2) is 16.6 Å². The van der Waals surface area contributed by atoms with E-state index in [-0.39, 0.29) is 5.82 Å². The molecule has 18 heavy (non-hydrogen) atoms. The number of halogens is 2. The highest BCUT2D eigenvalue weighted by Gasteiger charge is 2.08. The lowest BCUT2D eigenvalue weighted by molar-refractivity contribution is 0.404. The molecule has 0 amide bonds. The Morgan fingerprint density at radius 3 is 2.67 bits per heavy atom. The molecule has 0 heterocycles. The highest BCUT2D eigenvalue weighted by atomic mass is 79.9. The fourth-order valence-electron chi connectivity index (χ4n) is 1.79. The summed E-state index contributed by atoms with van der Waals surface area (Å²) in [6.07, 6.45) is 3.08. The second kappa shape index (κ2) is 7.74. The van der Waals surface area contributed by atoms with Crippen molar-refractivity contribution in [3.8, 4) is 5.75 Å². The molecule has 1 rings (SSSR count). The highest BCUT2D eigenvalue weighted by molar-refractivity contribution is 9.10. The molecule has 0 saturated heterocycles. The van der Waals surface area contributed by atoms with Gasteiger partial charge < -0.3 is 10.1 Å². The first kappa shape index (κ1) is 15.4. The quantitative estimate of drug-likeness (QED) is 0.770. The van der Waals surface area contributed by atoms with Gasteiger partial charge in [0.05, 0.1) is 11.6 Å². The predicted molar refractivity (Wildman–Crippen MR) is 76.7 cm³/mol. The highest BCUT2D eigenvalue weighted by Crippen LogP contribution is 2.27. The second-order valence-electron chi connectivity index (χ2n) is 4.64. The number of methoxy groups -OCH3 is 1. The Labute approximate surface area is 117 Å². The van der Waals surface area contributed by atoms with Crippen LogP contribution in [0.1, 0.15) is 32.3 Å². The van der Waals surface area contributed by atoms with Crippen LogP contribution >= 0.6 is 15.9 Å². The van der Waals surface area contributed by atoms with Crippen LogP contribution < -0.4 is 10.1 Å². The molecule has 0 aliphatic heterocycles.